The fourth-order valence-electron chi connectivity index (χ4n) is 2.69. The third-order valence-corrected chi connectivity index (χ3v) is 3.85. The van der Waals surface area contributed by atoms with E-state index in [4.69, 9.17) is 0 Å². The van der Waals surface area contributed by atoms with Gasteiger partial charge in [-0.15, -0.1) is 0 Å². The van der Waals surface area contributed by atoms with E-state index in [1.54, 1.807) is 11.8 Å². The number of hydrogen-bond acceptors (Lipinski definition) is 2. The normalized spacial score (nSPS) is 22.5. The van der Waals surface area contributed by atoms with Gasteiger partial charge in [-0.3, -0.25) is 9.59 Å². The first kappa shape index (κ1) is 13.6. The molecular formula is C15H19NO3. The highest BCUT2D eigenvalue weighted by atomic mass is 16.4. The monoisotopic (exact) mass is 261 g/mol. The van der Waals surface area contributed by atoms with Gasteiger partial charge in [-0.1, -0.05) is 37.3 Å². The molecule has 1 aromatic rings. The topological polar surface area (TPSA) is 57.6 Å². The lowest BCUT2D eigenvalue weighted by atomic mass is 9.81. The summed E-state index contributed by atoms with van der Waals surface area (Å²) < 4.78 is 0. The lowest BCUT2D eigenvalue weighted by Gasteiger charge is -2.24. The average Bonchev–Trinajstić information content (AvgIpc) is 2.84. The highest BCUT2D eigenvalue weighted by Crippen LogP contribution is 2.34. The Morgan fingerprint density at radius 1 is 1.32 bits per heavy atom. The summed E-state index contributed by atoms with van der Waals surface area (Å²) >= 11 is 0. The van der Waals surface area contributed by atoms with Gasteiger partial charge in [0, 0.05) is 19.5 Å². The number of carboxylic acid groups (broad SMARTS) is 1. The third-order valence-electron chi connectivity index (χ3n) is 3.85. The molecule has 0 aromatic heterocycles. The molecule has 0 spiro atoms. The van der Waals surface area contributed by atoms with Gasteiger partial charge in [0.2, 0.25) is 5.91 Å². The van der Waals surface area contributed by atoms with E-state index in [0.29, 0.717) is 32.4 Å². The summed E-state index contributed by atoms with van der Waals surface area (Å²) in [5.74, 6) is -0.765. The van der Waals surface area contributed by atoms with E-state index >= 15 is 0 Å². The fraction of sp³-hybridized carbons (Fsp3) is 0.467. The minimum absolute atomic E-state index is 0.0381. The van der Waals surface area contributed by atoms with Gasteiger partial charge >= 0.3 is 5.97 Å². The predicted octanol–water partition coefficient (Wildman–Crippen LogP) is 1.94. The standard InChI is InChI=1S/C15H19NO3/c1-2-13(17)16-9-8-15(11-16,14(18)19)10-12-6-4-3-5-7-12/h3-7H,2,8-11H2,1H3,(H,18,19). The van der Waals surface area contributed by atoms with E-state index in [1.165, 1.54) is 0 Å². The Kier molecular flexibility index (Phi) is 3.88. The van der Waals surface area contributed by atoms with Gasteiger partial charge in [-0.2, -0.15) is 0 Å². The van der Waals surface area contributed by atoms with Crippen molar-refractivity contribution in [2.75, 3.05) is 13.1 Å². The molecule has 1 aromatic carbocycles. The molecule has 4 heteroatoms. The molecule has 0 bridgehead atoms. The Balaban J connectivity index is 2.17. The number of likely N-dealkylation sites (tertiary alicyclic amines) is 1. The second-order valence-electron chi connectivity index (χ2n) is 5.17. The van der Waals surface area contributed by atoms with Crippen LogP contribution in [0.5, 0.6) is 0 Å². The Morgan fingerprint density at radius 2 is 2.00 bits per heavy atom. The highest BCUT2D eigenvalue weighted by molar-refractivity contribution is 5.80. The van der Waals surface area contributed by atoms with Crippen molar-refractivity contribution in [3.63, 3.8) is 0 Å². The average molecular weight is 261 g/mol. The van der Waals surface area contributed by atoms with Gasteiger partial charge < -0.3 is 10.0 Å². The molecule has 0 radical (unpaired) electrons. The fourth-order valence-corrected chi connectivity index (χ4v) is 2.69. The SMILES string of the molecule is CCC(=O)N1CCC(Cc2ccccc2)(C(=O)O)C1. The predicted molar refractivity (Wildman–Crippen MR) is 71.7 cm³/mol. The molecule has 1 heterocycles. The summed E-state index contributed by atoms with van der Waals surface area (Å²) in [7, 11) is 0. The van der Waals surface area contributed by atoms with Crippen LogP contribution >= 0.6 is 0 Å². The van der Waals surface area contributed by atoms with Crippen molar-refractivity contribution in [3.8, 4) is 0 Å². The maximum Gasteiger partial charge on any atom is 0.311 e. The van der Waals surface area contributed by atoms with Crippen LogP contribution < -0.4 is 0 Å². The van der Waals surface area contributed by atoms with Crippen LogP contribution in [0.25, 0.3) is 0 Å². The second kappa shape index (κ2) is 5.43. The zero-order valence-electron chi connectivity index (χ0n) is 11.1. The summed E-state index contributed by atoms with van der Waals surface area (Å²) in [6.07, 6.45) is 1.45. The molecule has 2 rings (SSSR count). The largest absolute Gasteiger partial charge is 0.481 e. The molecule has 1 saturated heterocycles. The Bertz CT molecular complexity index is 472. The number of carbonyl (C=O) groups is 2. The number of carboxylic acids is 1. The van der Waals surface area contributed by atoms with Crippen LogP contribution in [0, 0.1) is 5.41 Å². The Hall–Kier alpha value is -1.84. The molecule has 1 fully saturated rings. The van der Waals surface area contributed by atoms with Gasteiger partial charge in [-0.05, 0) is 18.4 Å². The molecule has 1 atom stereocenters. The van der Waals surface area contributed by atoms with Gasteiger partial charge in [-0.25, -0.2) is 0 Å². The van der Waals surface area contributed by atoms with Crippen LogP contribution in [0.4, 0.5) is 0 Å². The molecule has 102 valence electrons. The van der Waals surface area contributed by atoms with Gasteiger partial charge in [0.1, 0.15) is 0 Å². The molecule has 19 heavy (non-hydrogen) atoms. The Morgan fingerprint density at radius 3 is 2.58 bits per heavy atom. The Labute approximate surface area is 113 Å². The first-order valence-corrected chi connectivity index (χ1v) is 6.62. The van der Waals surface area contributed by atoms with Crippen LogP contribution in [0.2, 0.25) is 0 Å². The maximum absolute atomic E-state index is 11.7. The van der Waals surface area contributed by atoms with Crippen molar-refractivity contribution in [3.05, 3.63) is 35.9 Å². The van der Waals surface area contributed by atoms with E-state index in [-0.39, 0.29) is 5.91 Å². The zero-order chi connectivity index (χ0) is 13.9. The number of amides is 1. The lowest BCUT2D eigenvalue weighted by molar-refractivity contribution is -0.148. The lowest BCUT2D eigenvalue weighted by Crippen LogP contribution is -2.38. The third kappa shape index (κ3) is 2.78. The zero-order valence-corrected chi connectivity index (χ0v) is 11.1. The summed E-state index contributed by atoms with van der Waals surface area (Å²) in [5, 5.41) is 9.56. The van der Waals surface area contributed by atoms with E-state index < -0.39 is 11.4 Å². The first-order chi connectivity index (χ1) is 9.07. The van der Waals surface area contributed by atoms with Crippen LogP contribution in [-0.2, 0) is 16.0 Å². The number of aliphatic carboxylic acids is 1. The molecule has 0 aliphatic carbocycles. The van der Waals surface area contributed by atoms with E-state index in [2.05, 4.69) is 0 Å². The van der Waals surface area contributed by atoms with E-state index in [0.717, 1.165) is 5.56 Å². The van der Waals surface area contributed by atoms with Crippen molar-refractivity contribution in [2.45, 2.75) is 26.2 Å². The summed E-state index contributed by atoms with van der Waals surface area (Å²) in [4.78, 5) is 25.0. The van der Waals surface area contributed by atoms with Crippen molar-refractivity contribution < 1.29 is 14.7 Å². The number of benzene rings is 1. The molecule has 4 nitrogen and oxygen atoms in total. The van der Waals surface area contributed by atoms with Gasteiger partial charge in [0.25, 0.3) is 0 Å². The first-order valence-electron chi connectivity index (χ1n) is 6.62. The van der Waals surface area contributed by atoms with Crippen LogP contribution in [0.3, 0.4) is 0 Å². The van der Waals surface area contributed by atoms with E-state index in [1.807, 2.05) is 30.3 Å². The summed E-state index contributed by atoms with van der Waals surface area (Å²) in [6, 6.07) is 9.62. The molecule has 1 aliphatic rings. The molecule has 0 saturated carbocycles. The van der Waals surface area contributed by atoms with Crippen molar-refractivity contribution in [2.24, 2.45) is 5.41 Å². The number of carbonyl (C=O) groups excluding carboxylic acids is 1. The summed E-state index contributed by atoms with van der Waals surface area (Å²) in [6.45, 7) is 2.68. The van der Waals surface area contributed by atoms with Crippen LogP contribution in [0.1, 0.15) is 25.3 Å². The quantitative estimate of drug-likeness (QED) is 0.901. The van der Waals surface area contributed by atoms with Crippen molar-refractivity contribution in [1.29, 1.82) is 0 Å². The number of nitrogens with zero attached hydrogens (tertiary/aromatic N) is 1. The molecule has 1 amide bonds. The maximum atomic E-state index is 11.7. The summed E-state index contributed by atoms with van der Waals surface area (Å²) in [5.41, 5.74) is 0.183. The number of rotatable bonds is 4. The van der Waals surface area contributed by atoms with Gasteiger partial charge in [0.15, 0.2) is 0 Å². The minimum atomic E-state index is -0.827. The number of hydrogen-bond donors (Lipinski definition) is 1. The second-order valence-corrected chi connectivity index (χ2v) is 5.17. The molecular weight excluding hydrogens is 242 g/mol. The van der Waals surface area contributed by atoms with Gasteiger partial charge in [0.05, 0.1) is 5.41 Å². The molecule has 1 N–H and O–H groups in total. The van der Waals surface area contributed by atoms with Crippen molar-refractivity contribution in [1.82, 2.24) is 4.90 Å². The highest BCUT2D eigenvalue weighted by Gasteiger charge is 2.45. The minimum Gasteiger partial charge on any atom is -0.481 e. The van der Waals surface area contributed by atoms with E-state index in [9.17, 15) is 14.7 Å². The smallest absolute Gasteiger partial charge is 0.311 e. The van der Waals surface area contributed by atoms with Crippen molar-refractivity contribution >= 4 is 11.9 Å². The van der Waals surface area contributed by atoms with Crippen LogP contribution in [-0.4, -0.2) is 35.0 Å². The molecule has 1 unspecified atom stereocenters. The molecule has 1 aliphatic heterocycles. The van der Waals surface area contributed by atoms with Crippen LogP contribution in [0.15, 0.2) is 30.3 Å².